The van der Waals surface area contributed by atoms with Gasteiger partial charge in [-0.15, -0.1) is 0 Å². The van der Waals surface area contributed by atoms with Gasteiger partial charge in [-0.1, -0.05) is 0 Å². The summed E-state index contributed by atoms with van der Waals surface area (Å²) in [5, 5.41) is 16.4. The van der Waals surface area contributed by atoms with Gasteiger partial charge in [0.2, 0.25) is 0 Å². The second-order valence-electron chi connectivity index (χ2n) is 2.38. The summed E-state index contributed by atoms with van der Waals surface area (Å²) in [5.74, 6) is -1.37. The fourth-order valence-corrected chi connectivity index (χ4v) is 0.667. The van der Waals surface area contributed by atoms with Gasteiger partial charge in [-0.25, -0.2) is 0 Å². The third-order valence-electron chi connectivity index (χ3n) is 1.25. The van der Waals surface area contributed by atoms with Gasteiger partial charge in [0.05, 0.1) is 12.5 Å². The van der Waals surface area contributed by atoms with Gasteiger partial charge in [-0.2, -0.15) is 5.26 Å². The van der Waals surface area contributed by atoms with Crippen LogP contribution in [0.4, 0.5) is 0 Å². The molecule has 0 aliphatic heterocycles. The molecule has 0 fully saturated rings. The first-order valence-electron chi connectivity index (χ1n) is 3.91. The number of nitriles is 1. The van der Waals surface area contributed by atoms with Crippen molar-refractivity contribution in [2.24, 2.45) is 0 Å². The Morgan fingerprint density at radius 2 is 2.08 bits per heavy atom. The monoisotopic (exact) mass is 185 g/mol. The number of rotatable bonds is 6. The number of hydrogen-bond acceptors (Lipinski definition) is 4. The highest BCUT2D eigenvalue weighted by molar-refractivity contribution is 5.71. The van der Waals surface area contributed by atoms with Crippen LogP contribution in [0.1, 0.15) is 25.7 Å². The Balaban J connectivity index is 3.31. The molecule has 0 aromatic rings. The van der Waals surface area contributed by atoms with Crippen LogP contribution in [0.2, 0.25) is 0 Å². The van der Waals surface area contributed by atoms with E-state index in [1.54, 1.807) is 0 Å². The highest BCUT2D eigenvalue weighted by Crippen LogP contribution is 1.97. The zero-order valence-electron chi connectivity index (χ0n) is 7.15. The lowest BCUT2D eigenvalue weighted by Gasteiger charge is -2.00. The van der Waals surface area contributed by atoms with E-state index in [1.165, 1.54) is 0 Å². The largest absolute Gasteiger partial charge is 0.481 e. The smallest absolute Gasteiger partial charge is 0.305 e. The van der Waals surface area contributed by atoms with Crippen molar-refractivity contribution in [3.05, 3.63) is 0 Å². The summed E-state index contributed by atoms with van der Waals surface area (Å²) in [6.07, 6.45) is 0.510. The first kappa shape index (κ1) is 11.4. The molecule has 0 rings (SSSR count). The van der Waals surface area contributed by atoms with E-state index in [0.29, 0.717) is 0 Å². The first-order valence-corrected chi connectivity index (χ1v) is 3.91. The SMILES string of the molecule is N#CCCOC(=O)CCCC(=O)O. The van der Waals surface area contributed by atoms with Crippen LogP contribution in [-0.4, -0.2) is 23.7 Å². The van der Waals surface area contributed by atoms with E-state index in [4.69, 9.17) is 10.4 Å². The van der Waals surface area contributed by atoms with E-state index in [2.05, 4.69) is 4.74 Å². The van der Waals surface area contributed by atoms with Crippen molar-refractivity contribution in [3.8, 4) is 6.07 Å². The summed E-state index contributed by atoms with van der Waals surface area (Å²) < 4.78 is 4.61. The van der Waals surface area contributed by atoms with Crippen molar-refractivity contribution in [3.63, 3.8) is 0 Å². The maximum atomic E-state index is 10.8. The molecule has 0 saturated heterocycles. The van der Waals surface area contributed by atoms with Gasteiger partial charge < -0.3 is 9.84 Å². The Morgan fingerprint density at radius 3 is 2.62 bits per heavy atom. The second kappa shape index (κ2) is 7.10. The maximum Gasteiger partial charge on any atom is 0.305 e. The summed E-state index contributed by atoms with van der Waals surface area (Å²) >= 11 is 0. The number of ether oxygens (including phenoxy) is 1. The lowest BCUT2D eigenvalue weighted by Crippen LogP contribution is -2.06. The highest BCUT2D eigenvalue weighted by Gasteiger charge is 2.04. The molecule has 0 atom stereocenters. The minimum Gasteiger partial charge on any atom is -0.481 e. The van der Waals surface area contributed by atoms with Crippen molar-refractivity contribution < 1.29 is 19.4 Å². The molecule has 0 aromatic carbocycles. The maximum absolute atomic E-state index is 10.8. The van der Waals surface area contributed by atoms with Crippen LogP contribution in [-0.2, 0) is 14.3 Å². The lowest BCUT2D eigenvalue weighted by molar-refractivity contribution is -0.143. The lowest BCUT2D eigenvalue weighted by atomic mass is 10.2. The molecule has 1 N–H and O–H groups in total. The molecule has 0 heterocycles. The van der Waals surface area contributed by atoms with Crippen molar-refractivity contribution >= 4 is 11.9 Å². The summed E-state index contributed by atoms with van der Waals surface area (Å²) in [5.41, 5.74) is 0. The number of carboxylic acid groups (broad SMARTS) is 1. The van der Waals surface area contributed by atoms with E-state index in [0.717, 1.165) is 0 Å². The van der Waals surface area contributed by atoms with Gasteiger partial charge in [0.25, 0.3) is 0 Å². The van der Waals surface area contributed by atoms with Crippen LogP contribution in [0, 0.1) is 11.3 Å². The van der Waals surface area contributed by atoms with Crippen LogP contribution in [0.25, 0.3) is 0 Å². The minimum absolute atomic E-state index is 0.0344. The molecule has 0 spiro atoms. The number of carbonyl (C=O) groups is 2. The number of nitrogens with zero attached hydrogens (tertiary/aromatic N) is 1. The van der Waals surface area contributed by atoms with Crippen LogP contribution >= 0.6 is 0 Å². The zero-order chi connectivity index (χ0) is 10.1. The van der Waals surface area contributed by atoms with Gasteiger partial charge in [0.15, 0.2) is 0 Å². The zero-order valence-corrected chi connectivity index (χ0v) is 7.15. The molecular formula is C8H11NO4. The van der Waals surface area contributed by atoms with E-state index >= 15 is 0 Å². The number of carboxylic acids is 1. The normalized spacial score (nSPS) is 8.85. The molecule has 0 unspecified atom stereocenters. The number of esters is 1. The van der Waals surface area contributed by atoms with Crippen LogP contribution in [0.3, 0.4) is 0 Å². The average Bonchev–Trinajstić information content (AvgIpc) is 2.04. The second-order valence-corrected chi connectivity index (χ2v) is 2.38. The molecule has 0 radical (unpaired) electrons. The van der Waals surface area contributed by atoms with Crippen molar-refractivity contribution in [2.45, 2.75) is 25.7 Å². The van der Waals surface area contributed by atoms with Gasteiger partial charge in [-0.3, -0.25) is 9.59 Å². The Labute approximate surface area is 75.9 Å². The summed E-state index contributed by atoms with van der Waals surface area (Å²) in [7, 11) is 0. The molecule has 0 aliphatic carbocycles. The fourth-order valence-electron chi connectivity index (χ4n) is 0.667. The van der Waals surface area contributed by atoms with Crippen molar-refractivity contribution in [2.75, 3.05) is 6.61 Å². The topological polar surface area (TPSA) is 87.4 Å². The van der Waals surface area contributed by atoms with E-state index in [1.807, 2.05) is 6.07 Å². The predicted molar refractivity (Wildman–Crippen MR) is 42.7 cm³/mol. The van der Waals surface area contributed by atoms with E-state index in [-0.39, 0.29) is 32.3 Å². The van der Waals surface area contributed by atoms with Gasteiger partial charge in [-0.05, 0) is 6.42 Å². The van der Waals surface area contributed by atoms with Gasteiger partial charge in [0, 0.05) is 12.8 Å². The average molecular weight is 185 g/mol. The molecule has 0 bridgehead atoms. The summed E-state index contributed by atoms with van der Waals surface area (Å²) in [4.78, 5) is 20.8. The summed E-state index contributed by atoms with van der Waals surface area (Å²) in [6.45, 7) is 0.0857. The van der Waals surface area contributed by atoms with Crippen LogP contribution in [0.5, 0.6) is 0 Å². The first-order chi connectivity index (χ1) is 6.16. The standard InChI is InChI=1S/C8H11NO4/c9-5-2-6-13-8(12)4-1-3-7(10)11/h1-4,6H2,(H,10,11). The molecule has 72 valence electrons. The van der Waals surface area contributed by atoms with Crippen LogP contribution < -0.4 is 0 Å². The summed E-state index contributed by atoms with van der Waals surface area (Å²) in [6, 6.07) is 1.83. The molecular weight excluding hydrogens is 174 g/mol. The Kier molecular flexibility index (Phi) is 6.24. The predicted octanol–water partition coefficient (Wildman–Crippen LogP) is 0.698. The minimum atomic E-state index is -0.926. The van der Waals surface area contributed by atoms with Crippen molar-refractivity contribution in [1.82, 2.24) is 0 Å². The molecule has 5 heteroatoms. The molecule has 0 amide bonds. The van der Waals surface area contributed by atoms with Crippen LogP contribution in [0.15, 0.2) is 0 Å². The Bertz CT molecular complexity index is 219. The Hall–Kier alpha value is -1.57. The number of hydrogen-bond donors (Lipinski definition) is 1. The highest BCUT2D eigenvalue weighted by atomic mass is 16.5. The van der Waals surface area contributed by atoms with E-state index in [9.17, 15) is 9.59 Å². The third kappa shape index (κ3) is 8.34. The Morgan fingerprint density at radius 1 is 1.38 bits per heavy atom. The number of aliphatic carboxylic acids is 1. The van der Waals surface area contributed by atoms with Crippen molar-refractivity contribution in [1.29, 1.82) is 5.26 Å². The van der Waals surface area contributed by atoms with E-state index < -0.39 is 11.9 Å². The quantitative estimate of drug-likeness (QED) is 0.486. The number of carbonyl (C=O) groups excluding carboxylic acids is 1. The molecule has 13 heavy (non-hydrogen) atoms. The molecule has 0 aromatic heterocycles. The molecule has 0 aliphatic rings. The molecule has 5 nitrogen and oxygen atoms in total. The third-order valence-corrected chi connectivity index (χ3v) is 1.25. The van der Waals surface area contributed by atoms with Gasteiger partial charge in [0.1, 0.15) is 6.61 Å². The molecule has 0 saturated carbocycles. The van der Waals surface area contributed by atoms with Gasteiger partial charge >= 0.3 is 11.9 Å². The fraction of sp³-hybridized carbons (Fsp3) is 0.625.